The van der Waals surface area contributed by atoms with Crippen molar-refractivity contribution in [2.24, 2.45) is 10.8 Å². The summed E-state index contributed by atoms with van der Waals surface area (Å²) in [4.78, 5) is 26.6. The van der Waals surface area contributed by atoms with Crippen LogP contribution in [0.3, 0.4) is 0 Å². The topological polar surface area (TPSA) is 55.8 Å². The largest absolute Gasteiger partial charge is 0.460 e. The van der Waals surface area contributed by atoms with Crippen molar-refractivity contribution in [3.63, 3.8) is 0 Å². The Balaban J connectivity index is 0.00000136. The Morgan fingerprint density at radius 3 is 2.25 bits per heavy atom. The van der Waals surface area contributed by atoms with Crippen molar-refractivity contribution in [1.82, 2.24) is 4.90 Å². The molecule has 0 atom stereocenters. The summed E-state index contributed by atoms with van der Waals surface area (Å²) >= 11 is 0. The molecule has 5 nitrogen and oxygen atoms in total. The summed E-state index contributed by atoms with van der Waals surface area (Å²) in [5.41, 5.74) is 0.298. The first-order valence-corrected chi connectivity index (χ1v) is 10.5. The zero-order chi connectivity index (χ0) is 20.5. The molecule has 0 spiro atoms. The van der Waals surface area contributed by atoms with Crippen molar-refractivity contribution >= 4 is 12.3 Å². The van der Waals surface area contributed by atoms with Gasteiger partial charge in [-0.15, -0.1) is 0 Å². The van der Waals surface area contributed by atoms with Gasteiger partial charge in [0.2, 0.25) is 0 Å². The highest BCUT2D eigenvalue weighted by atomic mass is 16.5. The third-order valence-electron chi connectivity index (χ3n) is 6.02. The van der Waals surface area contributed by atoms with Gasteiger partial charge in [0.05, 0.1) is 17.4 Å². The van der Waals surface area contributed by atoms with Crippen LogP contribution in [0, 0.1) is 10.8 Å². The Labute approximate surface area is 169 Å². The molecular weight excluding hydrogens is 354 g/mol. The van der Waals surface area contributed by atoms with Crippen molar-refractivity contribution in [3.8, 4) is 0 Å². The van der Waals surface area contributed by atoms with Gasteiger partial charge in [-0.25, -0.2) is 0 Å². The quantitative estimate of drug-likeness (QED) is 0.499. The highest BCUT2D eigenvalue weighted by Gasteiger charge is 2.47. The number of benzene rings is 1. The molecule has 0 bridgehead atoms. The van der Waals surface area contributed by atoms with Crippen LogP contribution in [0.25, 0.3) is 0 Å². The number of hydrogen-bond acceptors (Lipinski definition) is 5. The molecule has 2 fully saturated rings. The number of nitrogens with zero attached hydrogens (tertiary/aromatic N) is 1. The Hall–Kier alpha value is -1.72. The second kappa shape index (κ2) is 10.7. The summed E-state index contributed by atoms with van der Waals surface area (Å²) in [6.07, 6.45) is 5.51. The molecule has 156 valence electrons. The van der Waals surface area contributed by atoms with E-state index in [4.69, 9.17) is 9.47 Å². The number of carbonyl (C=O) groups is 2. The van der Waals surface area contributed by atoms with Crippen LogP contribution in [-0.2, 0) is 25.7 Å². The van der Waals surface area contributed by atoms with Gasteiger partial charge in [-0.3, -0.25) is 4.79 Å². The van der Waals surface area contributed by atoms with Crippen LogP contribution < -0.4 is 0 Å². The molecule has 2 aliphatic rings. The molecule has 0 radical (unpaired) electrons. The van der Waals surface area contributed by atoms with E-state index in [-0.39, 0.29) is 16.8 Å². The first-order chi connectivity index (χ1) is 13.6. The summed E-state index contributed by atoms with van der Waals surface area (Å²) < 4.78 is 10.9. The molecule has 28 heavy (non-hydrogen) atoms. The molecule has 1 saturated heterocycles. The van der Waals surface area contributed by atoms with E-state index in [0.717, 1.165) is 63.6 Å². The molecule has 1 heterocycles. The van der Waals surface area contributed by atoms with Gasteiger partial charge in [-0.05, 0) is 44.3 Å². The van der Waals surface area contributed by atoms with Crippen LogP contribution in [0.15, 0.2) is 30.3 Å². The maximum Gasteiger partial charge on any atom is 0.313 e. The Bertz CT molecular complexity index is 604. The molecule has 0 N–H and O–H groups in total. The van der Waals surface area contributed by atoms with E-state index in [0.29, 0.717) is 13.2 Å². The molecule has 1 aromatic rings. The third-order valence-corrected chi connectivity index (χ3v) is 6.02. The molecule has 5 heteroatoms. The molecule has 1 aliphatic carbocycles. The highest BCUT2D eigenvalue weighted by Crippen LogP contribution is 2.44. The van der Waals surface area contributed by atoms with Crippen LogP contribution in [0.5, 0.6) is 0 Å². The van der Waals surface area contributed by atoms with Gasteiger partial charge in [-0.2, -0.15) is 0 Å². The third kappa shape index (κ3) is 5.42. The minimum atomic E-state index is -0.364. The van der Waals surface area contributed by atoms with E-state index in [1.54, 1.807) is 7.11 Å². The summed E-state index contributed by atoms with van der Waals surface area (Å²) in [7, 11) is 1.64. The van der Waals surface area contributed by atoms with E-state index in [9.17, 15) is 9.59 Å². The van der Waals surface area contributed by atoms with Crippen molar-refractivity contribution in [2.45, 2.75) is 52.6 Å². The lowest BCUT2D eigenvalue weighted by atomic mass is 9.68. The number of esters is 1. The number of likely N-dealkylation sites (tertiary alicyclic amines) is 1. The van der Waals surface area contributed by atoms with Crippen molar-refractivity contribution < 1.29 is 19.1 Å². The second-order valence-electron chi connectivity index (χ2n) is 7.88. The molecule has 0 aromatic heterocycles. The molecule has 0 amide bonds. The van der Waals surface area contributed by atoms with Crippen molar-refractivity contribution in [2.75, 3.05) is 33.4 Å². The summed E-state index contributed by atoms with van der Waals surface area (Å²) in [5.74, 6) is -0.0725. The standard InChI is InChI=1S/C21H29NO4.C2H6/c1-25-17-20(16-23)10-12-22(13-11-20)15-21(8-5-9-21)19(24)26-14-18-6-3-2-4-7-18;1-2/h2-4,6-7,16H,5,8-15,17H2,1H3;1-2H3. The summed E-state index contributed by atoms with van der Waals surface area (Å²) in [6.45, 7) is 7.21. The maximum atomic E-state index is 12.8. The average molecular weight is 390 g/mol. The minimum absolute atomic E-state index is 0.0725. The zero-order valence-corrected chi connectivity index (χ0v) is 17.6. The fourth-order valence-corrected chi connectivity index (χ4v) is 4.07. The maximum absolute atomic E-state index is 12.8. The lowest BCUT2D eigenvalue weighted by Crippen LogP contribution is -2.52. The first kappa shape index (κ1) is 22.6. The van der Waals surface area contributed by atoms with Crippen molar-refractivity contribution in [3.05, 3.63) is 35.9 Å². The Kier molecular flexibility index (Phi) is 8.64. The number of piperidine rings is 1. The predicted molar refractivity (Wildman–Crippen MR) is 110 cm³/mol. The van der Waals surface area contributed by atoms with Crippen LogP contribution >= 0.6 is 0 Å². The Morgan fingerprint density at radius 2 is 1.75 bits per heavy atom. The number of aldehydes is 1. The number of ether oxygens (including phenoxy) is 2. The van der Waals surface area contributed by atoms with Gasteiger partial charge >= 0.3 is 5.97 Å². The van der Waals surface area contributed by atoms with Crippen LogP contribution in [0.2, 0.25) is 0 Å². The van der Waals surface area contributed by atoms with Gasteiger partial charge in [0, 0.05) is 13.7 Å². The average Bonchev–Trinajstić information content (AvgIpc) is 2.72. The zero-order valence-electron chi connectivity index (χ0n) is 17.6. The lowest BCUT2D eigenvalue weighted by molar-refractivity contribution is -0.165. The monoisotopic (exact) mass is 389 g/mol. The van der Waals surface area contributed by atoms with Gasteiger partial charge in [0.15, 0.2) is 0 Å². The van der Waals surface area contributed by atoms with Crippen LogP contribution in [0.1, 0.15) is 51.5 Å². The van der Waals surface area contributed by atoms with Crippen LogP contribution in [0.4, 0.5) is 0 Å². The molecule has 3 rings (SSSR count). The van der Waals surface area contributed by atoms with Gasteiger partial charge in [0.25, 0.3) is 0 Å². The fraction of sp³-hybridized carbons (Fsp3) is 0.652. The van der Waals surface area contributed by atoms with Crippen molar-refractivity contribution in [1.29, 1.82) is 0 Å². The summed E-state index contributed by atoms with van der Waals surface area (Å²) in [6, 6.07) is 9.81. The smallest absolute Gasteiger partial charge is 0.313 e. The van der Waals surface area contributed by atoms with E-state index in [1.165, 1.54) is 0 Å². The van der Waals surface area contributed by atoms with E-state index in [2.05, 4.69) is 4.90 Å². The number of methoxy groups -OCH3 is 1. The normalized spacial score (nSPS) is 20.2. The number of carbonyl (C=O) groups excluding carboxylic acids is 2. The Morgan fingerprint density at radius 1 is 1.11 bits per heavy atom. The number of hydrogen-bond donors (Lipinski definition) is 0. The molecule has 0 unspecified atom stereocenters. The lowest BCUT2D eigenvalue weighted by Gasteiger charge is -2.45. The summed E-state index contributed by atoms with van der Waals surface area (Å²) in [5, 5.41) is 0. The van der Waals surface area contributed by atoms with Gasteiger partial charge in [-0.1, -0.05) is 50.6 Å². The molecule has 1 aliphatic heterocycles. The van der Waals surface area contributed by atoms with Gasteiger partial charge < -0.3 is 19.2 Å². The van der Waals surface area contributed by atoms with Gasteiger partial charge in [0.1, 0.15) is 12.9 Å². The van der Waals surface area contributed by atoms with E-state index >= 15 is 0 Å². The van der Waals surface area contributed by atoms with Crippen LogP contribution in [-0.4, -0.2) is 50.5 Å². The SMILES string of the molecule is CC.COCC1(C=O)CCN(CC2(C(=O)OCc3ccccc3)CCC2)CC1. The highest BCUT2D eigenvalue weighted by molar-refractivity contribution is 5.78. The second-order valence-corrected chi connectivity index (χ2v) is 7.88. The first-order valence-electron chi connectivity index (χ1n) is 10.5. The molecular formula is C23H35NO4. The minimum Gasteiger partial charge on any atom is -0.460 e. The number of rotatable bonds is 8. The molecule has 1 aromatic carbocycles. The van der Waals surface area contributed by atoms with E-state index in [1.807, 2.05) is 44.2 Å². The molecule has 1 saturated carbocycles. The van der Waals surface area contributed by atoms with E-state index < -0.39 is 0 Å². The fourth-order valence-electron chi connectivity index (χ4n) is 4.07. The predicted octanol–water partition coefficient (Wildman–Crippen LogP) is 3.85.